The van der Waals surface area contributed by atoms with Crippen molar-refractivity contribution in [3.8, 4) is 0 Å². The van der Waals surface area contributed by atoms with Crippen molar-refractivity contribution in [1.29, 1.82) is 0 Å². The first kappa shape index (κ1) is 12.0. The number of carbonyl (C=O) groups excluding carboxylic acids is 2. The number of carbonyl (C=O) groups is 2. The van der Waals surface area contributed by atoms with Crippen LogP contribution in [0.5, 0.6) is 0 Å². The highest BCUT2D eigenvalue weighted by atomic mass is 35.5. The number of nitrogens with zero attached hydrogens (tertiary/aromatic N) is 3. The van der Waals surface area contributed by atoms with E-state index in [1.165, 1.54) is 4.90 Å². The summed E-state index contributed by atoms with van der Waals surface area (Å²) in [5, 5.41) is 0.324. The fourth-order valence-corrected chi connectivity index (χ4v) is 2.03. The average molecular weight is 254 g/mol. The van der Waals surface area contributed by atoms with Gasteiger partial charge in [0.2, 0.25) is 11.8 Å². The predicted octanol–water partition coefficient (Wildman–Crippen LogP) is 1.48. The summed E-state index contributed by atoms with van der Waals surface area (Å²) in [6.07, 6.45) is 1.44. The third-order valence-corrected chi connectivity index (χ3v) is 2.75. The van der Waals surface area contributed by atoms with Gasteiger partial charge in [0.15, 0.2) is 0 Å². The van der Waals surface area contributed by atoms with Crippen LogP contribution in [0.25, 0.3) is 0 Å². The Morgan fingerprint density at radius 2 is 1.94 bits per heavy atom. The first-order valence-electron chi connectivity index (χ1n) is 5.39. The number of aryl methyl sites for hydroxylation is 1. The number of rotatable bonds is 2. The minimum Gasteiger partial charge on any atom is -0.275 e. The quantitative estimate of drug-likeness (QED) is 0.592. The molecule has 1 aliphatic heterocycles. The molecule has 90 valence electrons. The Bertz CT molecular complexity index is 440. The summed E-state index contributed by atoms with van der Waals surface area (Å²) in [7, 11) is 0. The van der Waals surface area contributed by atoms with Gasteiger partial charge < -0.3 is 0 Å². The van der Waals surface area contributed by atoms with E-state index in [2.05, 4.69) is 9.97 Å². The van der Waals surface area contributed by atoms with E-state index in [0.29, 0.717) is 30.2 Å². The molecular formula is C11H12ClN3O2. The smallest absolute Gasteiger partial charge is 0.229 e. The Labute approximate surface area is 104 Å². The van der Waals surface area contributed by atoms with Crippen molar-refractivity contribution in [2.75, 3.05) is 0 Å². The lowest BCUT2D eigenvalue weighted by Gasteiger charge is -2.24. The molecule has 0 N–H and O–H groups in total. The maximum atomic E-state index is 11.6. The van der Waals surface area contributed by atoms with Crippen LogP contribution in [0.2, 0.25) is 5.15 Å². The number of aromatic nitrogens is 2. The maximum Gasteiger partial charge on any atom is 0.229 e. The van der Waals surface area contributed by atoms with Crippen molar-refractivity contribution < 1.29 is 9.59 Å². The molecule has 5 nitrogen and oxygen atoms in total. The van der Waals surface area contributed by atoms with Gasteiger partial charge in [-0.15, -0.1) is 0 Å². The molecule has 2 amide bonds. The molecule has 1 aromatic rings. The summed E-state index contributed by atoms with van der Waals surface area (Å²) >= 11 is 5.80. The standard InChI is InChI=1S/C11H12ClN3O2/c1-7-5-8(12)14-9(13-7)6-15-10(16)3-2-4-11(15)17/h5H,2-4,6H2,1H3. The molecule has 6 heteroatoms. The summed E-state index contributed by atoms with van der Waals surface area (Å²) in [6.45, 7) is 1.90. The highest BCUT2D eigenvalue weighted by molar-refractivity contribution is 6.29. The van der Waals surface area contributed by atoms with Crippen LogP contribution < -0.4 is 0 Å². The van der Waals surface area contributed by atoms with Gasteiger partial charge in [0.25, 0.3) is 0 Å². The van der Waals surface area contributed by atoms with Gasteiger partial charge in [-0.3, -0.25) is 14.5 Å². The van der Waals surface area contributed by atoms with Crippen LogP contribution in [0.3, 0.4) is 0 Å². The molecular weight excluding hydrogens is 242 g/mol. The predicted molar refractivity (Wildman–Crippen MR) is 61.2 cm³/mol. The molecule has 2 rings (SSSR count). The molecule has 0 atom stereocenters. The highest BCUT2D eigenvalue weighted by Gasteiger charge is 2.26. The third-order valence-electron chi connectivity index (χ3n) is 2.55. The third kappa shape index (κ3) is 2.79. The number of halogens is 1. The Morgan fingerprint density at radius 1 is 1.29 bits per heavy atom. The number of imide groups is 1. The lowest BCUT2D eigenvalue weighted by atomic mass is 10.1. The van der Waals surface area contributed by atoms with Gasteiger partial charge in [0.1, 0.15) is 11.0 Å². The fraction of sp³-hybridized carbons (Fsp3) is 0.455. The maximum absolute atomic E-state index is 11.6. The molecule has 0 bridgehead atoms. The zero-order valence-electron chi connectivity index (χ0n) is 9.44. The second-order valence-electron chi connectivity index (χ2n) is 3.98. The van der Waals surface area contributed by atoms with Gasteiger partial charge in [0.05, 0.1) is 6.54 Å². The molecule has 2 heterocycles. The number of hydrogen-bond donors (Lipinski definition) is 0. The summed E-state index contributed by atoms with van der Waals surface area (Å²) in [6, 6.07) is 1.63. The molecule has 0 unspecified atom stereocenters. The zero-order chi connectivity index (χ0) is 12.4. The van der Waals surface area contributed by atoms with E-state index in [1.54, 1.807) is 13.0 Å². The molecule has 1 aromatic heterocycles. The molecule has 1 saturated heterocycles. The SMILES string of the molecule is Cc1cc(Cl)nc(CN2C(=O)CCCC2=O)n1. The van der Waals surface area contributed by atoms with E-state index < -0.39 is 0 Å². The number of amides is 2. The van der Waals surface area contributed by atoms with Crippen LogP contribution in [0.1, 0.15) is 30.8 Å². The second kappa shape index (κ2) is 4.79. The van der Waals surface area contributed by atoms with Crippen molar-refractivity contribution in [2.45, 2.75) is 32.7 Å². The molecule has 0 radical (unpaired) electrons. The van der Waals surface area contributed by atoms with Crippen LogP contribution >= 0.6 is 11.6 Å². The van der Waals surface area contributed by atoms with E-state index >= 15 is 0 Å². The Hall–Kier alpha value is -1.49. The van der Waals surface area contributed by atoms with Gasteiger partial charge in [-0.2, -0.15) is 0 Å². The first-order chi connectivity index (χ1) is 8.06. The van der Waals surface area contributed by atoms with E-state index in [9.17, 15) is 9.59 Å². The molecule has 0 aromatic carbocycles. The summed E-state index contributed by atoms with van der Waals surface area (Å²) in [5.74, 6) is 0.0727. The van der Waals surface area contributed by atoms with Crippen LogP contribution in [0.4, 0.5) is 0 Å². The van der Waals surface area contributed by atoms with Gasteiger partial charge in [-0.25, -0.2) is 9.97 Å². The zero-order valence-corrected chi connectivity index (χ0v) is 10.2. The Morgan fingerprint density at radius 3 is 2.53 bits per heavy atom. The number of hydrogen-bond acceptors (Lipinski definition) is 4. The monoisotopic (exact) mass is 253 g/mol. The van der Waals surface area contributed by atoms with Gasteiger partial charge in [-0.1, -0.05) is 11.6 Å². The molecule has 1 fully saturated rings. The highest BCUT2D eigenvalue weighted by Crippen LogP contribution is 2.15. The topological polar surface area (TPSA) is 63.2 Å². The largest absolute Gasteiger partial charge is 0.275 e. The first-order valence-corrected chi connectivity index (χ1v) is 5.77. The number of piperidine rings is 1. The average Bonchev–Trinajstić information content (AvgIpc) is 2.22. The van der Waals surface area contributed by atoms with Crippen molar-refractivity contribution >= 4 is 23.4 Å². The van der Waals surface area contributed by atoms with Crippen LogP contribution in [0.15, 0.2) is 6.07 Å². The number of likely N-dealkylation sites (tertiary alicyclic amines) is 1. The van der Waals surface area contributed by atoms with Crippen molar-refractivity contribution in [2.24, 2.45) is 0 Å². The minimum atomic E-state index is -0.164. The van der Waals surface area contributed by atoms with E-state index in [1.807, 2.05) is 0 Å². The van der Waals surface area contributed by atoms with Gasteiger partial charge >= 0.3 is 0 Å². The minimum absolute atomic E-state index is 0.110. The van der Waals surface area contributed by atoms with E-state index in [0.717, 1.165) is 5.69 Å². The van der Waals surface area contributed by atoms with E-state index in [-0.39, 0.29) is 18.4 Å². The van der Waals surface area contributed by atoms with Crippen molar-refractivity contribution in [3.63, 3.8) is 0 Å². The lowest BCUT2D eigenvalue weighted by Crippen LogP contribution is -2.39. The fourth-order valence-electron chi connectivity index (χ4n) is 1.78. The van der Waals surface area contributed by atoms with Crippen LogP contribution in [-0.4, -0.2) is 26.7 Å². The van der Waals surface area contributed by atoms with Crippen molar-refractivity contribution in [1.82, 2.24) is 14.9 Å². The normalized spacial score (nSPS) is 16.5. The molecule has 0 saturated carbocycles. The molecule has 0 spiro atoms. The molecule has 1 aliphatic rings. The second-order valence-corrected chi connectivity index (χ2v) is 4.36. The summed E-state index contributed by atoms with van der Waals surface area (Å²) < 4.78 is 0. The van der Waals surface area contributed by atoms with E-state index in [4.69, 9.17) is 11.6 Å². The lowest BCUT2D eigenvalue weighted by molar-refractivity contribution is -0.148. The van der Waals surface area contributed by atoms with Crippen LogP contribution in [0, 0.1) is 6.92 Å². The van der Waals surface area contributed by atoms with Crippen LogP contribution in [-0.2, 0) is 16.1 Å². The summed E-state index contributed by atoms with van der Waals surface area (Å²) in [4.78, 5) is 32.6. The Balaban J connectivity index is 2.19. The summed E-state index contributed by atoms with van der Waals surface area (Å²) in [5.41, 5.74) is 0.719. The molecule has 17 heavy (non-hydrogen) atoms. The van der Waals surface area contributed by atoms with Gasteiger partial charge in [-0.05, 0) is 19.4 Å². The molecule has 0 aliphatic carbocycles. The Kier molecular flexibility index (Phi) is 3.38. The van der Waals surface area contributed by atoms with Gasteiger partial charge in [0, 0.05) is 18.5 Å². The van der Waals surface area contributed by atoms with Crippen molar-refractivity contribution in [3.05, 3.63) is 22.7 Å².